The molecule has 0 aliphatic rings. The maximum absolute atomic E-state index is 9.16. The molecule has 1 aromatic rings. The molecule has 0 aromatic heterocycles. The van der Waals surface area contributed by atoms with Gasteiger partial charge in [-0.1, -0.05) is 53.7 Å². The summed E-state index contributed by atoms with van der Waals surface area (Å²) in [6.07, 6.45) is 0.709. The van der Waals surface area contributed by atoms with Crippen LogP contribution in [0.5, 0.6) is 0 Å². The van der Waals surface area contributed by atoms with Crippen LogP contribution in [0.15, 0.2) is 17.0 Å². The van der Waals surface area contributed by atoms with Crippen LogP contribution in [0.2, 0.25) is 0 Å². The van der Waals surface area contributed by atoms with E-state index in [1.165, 1.54) is 16.7 Å². The van der Waals surface area contributed by atoms with Gasteiger partial charge in [0.05, 0.1) is 0 Å². The number of hydrogen-bond donors (Lipinski definition) is 2. The molecule has 1 aromatic carbocycles. The van der Waals surface area contributed by atoms with Crippen LogP contribution in [0.4, 0.5) is 0 Å². The largest absolute Gasteiger partial charge is 0.396 e. The molecule has 0 saturated carbocycles. The molecule has 0 aliphatic heterocycles. The number of benzene rings is 1. The second kappa shape index (κ2) is 5.26. The molecule has 0 aliphatic carbocycles. The topological polar surface area (TPSA) is 20.2 Å². The summed E-state index contributed by atoms with van der Waals surface area (Å²) in [7, 11) is 0. The lowest BCUT2D eigenvalue weighted by molar-refractivity contribution is 0.299. The third kappa shape index (κ3) is 3.52. The van der Waals surface area contributed by atoms with Gasteiger partial charge in [0.2, 0.25) is 0 Å². The minimum atomic E-state index is 0.0720. The van der Waals surface area contributed by atoms with Crippen molar-refractivity contribution in [2.45, 2.75) is 63.7 Å². The Bertz CT molecular complexity index is 387. The molecule has 18 heavy (non-hydrogen) atoms. The molecule has 0 spiro atoms. The fourth-order valence-corrected chi connectivity index (χ4v) is 2.91. The lowest BCUT2D eigenvalue weighted by Gasteiger charge is -2.29. The second-order valence-corrected chi connectivity index (χ2v) is 7.46. The maximum atomic E-state index is 9.16. The van der Waals surface area contributed by atoms with E-state index >= 15 is 0 Å². The second-order valence-electron chi connectivity index (χ2n) is 7.01. The van der Waals surface area contributed by atoms with Crippen molar-refractivity contribution >= 4 is 12.6 Å². The van der Waals surface area contributed by atoms with Gasteiger partial charge in [-0.15, -0.1) is 12.6 Å². The van der Waals surface area contributed by atoms with Crippen molar-refractivity contribution in [3.05, 3.63) is 28.8 Å². The number of rotatable bonds is 2. The highest BCUT2D eigenvalue weighted by molar-refractivity contribution is 7.80. The molecule has 102 valence electrons. The molecule has 0 atom stereocenters. The Morgan fingerprint density at radius 3 is 1.61 bits per heavy atom. The Morgan fingerprint density at radius 1 is 0.944 bits per heavy atom. The zero-order valence-electron chi connectivity index (χ0n) is 12.5. The Morgan fingerprint density at radius 2 is 1.33 bits per heavy atom. The third-order valence-corrected chi connectivity index (χ3v) is 3.67. The van der Waals surface area contributed by atoms with Gasteiger partial charge in [0, 0.05) is 11.5 Å². The first-order chi connectivity index (χ1) is 8.07. The number of thiol groups is 1. The molecular formula is C16H26OS. The SMILES string of the molecule is CC(C)(C)c1cc(CCO)cc(C(C)(C)C)c1S. The predicted molar refractivity (Wildman–Crippen MR) is 81.9 cm³/mol. The molecule has 0 bridgehead atoms. The molecule has 0 heterocycles. The van der Waals surface area contributed by atoms with Crippen LogP contribution in [0.3, 0.4) is 0 Å². The van der Waals surface area contributed by atoms with Crippen molar-refractivity contribution in [3.63, 3.8) is 0 Å². The highest BCUT2D eigenvalue weighted by Gasteiger charge is 2.24. The predicted octanol–water partition coefficient (Wildman–Crippen LogP) is 4.11. The van der Waals surface area contributed by atoms with Crippen LogP contribution < -0.4 is 0 Å². The zero-order chi connectivity index (χ0) is 14.1. The molecule has 0 saturated heterocycles. The molecule has 2 heteroatoms. The van der Waals surface area contributed by atoms with Gasteiger partial charge >= 0.3 is 0 Å². The van der Waals surface area contributed by atoms with E-state index in [0.29, 0.717) is 6.42 Å². The van der Waals surface area contributed by atoms with E-state index < -0.39 is 0 Å². The van der Waals surface area contributed by atoms with Gasteiger partial charge in [0.15, 0.2) is 0 Å². The molecule has 0 unspecified atom stereocenters. The van der Waals surface area contributed by atoms with Gasteiger partial charge in [-0.3, -0.25) is 0 Å². The molecule has 1 N–H and O–H groups in total. The van der Waals surface area contributed by atoms with E-state index in [1.54, 1.807) is 0 Å². The highest BCUT2D eigenvalue weighted by Crippen LogP contribution is 2.37. The van der Waals surface area contributed by atoms with Crippen molar-refractivity contribution in [1.29, 1.82) is 0 Å². The first kappa shape index (κ1) is 15.6. The van der Waals surface area contributed by atoms with E-state index in [1.807, 2.05) is 0 Å². The fraction of sp³-hybridized carbons (Fsp3) is 0.625. The van der Waals surface area contributed by atoms with E-state index in [4.69, 9.17) is 17.7 Å². The van der Waals surface area contributed by atoms with Crippen molar-refractivity contribution < 1.29 is 5.11 Å². The van der Waals surface area contributed by atoms with Crippen LogP contribution in [-0.4, -0.2) is 11.7 Å². The van der Waals surface area contributed by atoms with Gasteiger partial charge in [-0.05, 0) is 33.9 Å². The lowest BCUT2D eigenvalue weighted by atomic mass is 9.79. The summed E-state index contributed by atoms with van der Waals surface area (Å²) >= 11 is 4.75. The van der Waals surface area contributed by atoms with E-state index in [9.17, 15) is 0 Å². The standard InChI is InChI=1S/C16H26OS/c1-15(2,3)12-9-11(7-8-17)10-13(14(12)18)16(4,5)6/h9-10,17-18H,7-8H2,1-6H3. The Hall–Kier alpha value is -0.470. The van der Waals surface area contributed by atoms with E-state index in [2.05, 4.69) is 53.7 Å². The summed E-state index contributed by atoms with van der Waals surface area (Å²) in [6, 6.07) is 4.38. The first-order valence-corrected chi connectivity index (χ1v) is 7.00. The summed E-state index contributed by atoms with van der Waals surface area (Å²) < 4.78 is 0. The molecule has 0 fully saturated rings. The zero-order valence-corrected chi connectivity index (χ0v) is 13.4. The first-order valence-electron chi connectivity index (χ1n) is 6.55. The van der Waals surface area contributed by atoms with Gasteiger partial charge < -0.3 is 5.11 Å². The quantitative estimate of drug-likeness (QED) is 0.772. The van der Waals surface area contributed by atoms with Gasteiger partial charge in [-0.25, -0.2) is 0 Å². The van der Waals surface area contributed by atoms with Gasteiger partial charge in [0.1, 0.15) is 0 Å². The number of aliphatic hydroxyl groups is 1. The molecular weight excluding hydrogens is 240 g/mol. The van der Waals surface area contributed by atoms with Crippen molar-refractivity contribution in [3.8, 4) is 0 Å². The summed E-state index contributed by atoms with van der Waals surface area (Å²) in [5, 5.41) is 9.16. The van der Waals surface area contributed by atoms with Gasteiger partial charge in [0.25, 0.3) is 0 Å². The Balaban J connectivity index is 3.48. The molecule has 1 nitrogen and oxygen atoms in total. The van der Waals surface area contributed by atoms with Crippen LogP contribution in [-0.2, 0) is 17.3 Å². The van der Waals surface area contributed by atoms with Crippen molar-refractivity contribution in [2.24, 2.45) is 0 Å². The summed E-state index contributed by atoms with van der Waals surface area (Å²) in [5.41, 5.74) is 3.87. The number of aliphatic hydroxyl groups excluding tert-OH is 1. The minimum absolute atomic E-state index is 0.0720. The minimum Gasteiger partial charge on any atom is -0.396 e. The summed E-state index contributed by atoms with van der Waals surface area (Å²) in [4.78, 5) is 1.09. The van der Waals surface area contributed by atoms with Crippen molar-refractivity contribution in [2.75, 3.05) is 6.61 Å². The smallest absolute Gasteiger partial charge is 0.0471 e. The maximum Gasteiger partial charge on any atom is 0.0471 e. The normalized spacial score (nSPS) is 12.9. The Kier molecular flexibility index (Phi) is 4.56. The Labute approximate surface area is 117 Å². The van der Waals surface area contributed by atoms with Crippen molar-refractivity contribution in [1.82, 2.24) is 0 Å². The monoisotopic (exact) mass is 266 g/mol. The third-order valence-electron chi connectivity index (χ3n) is 3.19. The molecule has 1 rings (SSSR count). The average molecular weight is 266 g/mol. The van der Waals surface area contributed by atoms with Crippen LogP contribution >= 0.6 is 12.6 Å². The fourth-order valence-electron chi connectivity index (χ4n) is 2.11. The van der Waals surface area contributed by atoms with Crippen LogP contribution in [0.25, 0.3) is 0 Å². The van der Waals surface area contributed by atoms with Gasteiger partial charge in [-0.2, -0.15) is 0 Å². The van der Waals surface area contributed by atoms with Crippen LogP contribution in [0.1, 0.15) is 58.2 Å². The van der Waals surface area contributed by atoms with E-state index in [-0.39, 0.29) is 17.4 Å². The molecule has 0 radical (unpaired) electrons. The molecule has 0 amide bonds. The average Bonchev–Trinajstić information content (AvgIpc) is 2.17. The highest BCUT2D eigenvalue weighted by atomic mass is 32.1. The summed E-state index contributed by atoms with van der Waals surface area (Å²) in [6.45, 7) is 13.4. The lowest BCUT2D eigenvalue weighted by Crippen LogP contribution is -2.19. The van der Waals surface area contributed by atoms with Crippen LogP contribution in [0, 0.1) is 0 Å². The van der Waals surface area contributed by atoms with E-state index in [0.717, 1.165) is 4.90 Å². The number of hydrogen-bond acceptors (Lipinski definition) is 2. The summed E-state index contributed by atoms with van der Waals surface area (Å²) in [5.74, 6) is 0.